The standard InChI is InChI=1S/C16H35N/c1-5-9-10-12-16(11-6-2)15-17(13-7-3)14-8-4/h16H,5-15H2,1-4H3. The predicted octanol–water partition coefficient (Wildman–Crippen LogP) is 5.11. The molecule has 0 saturated carbocycles. The van der Waals surface area contributed by atoms with Crippen molar-refractivity contribution in [1.29, 1.82) is 0 Å². The van der Waals surface area contributed by atoms with Gasteiger partial charge in [0.05, 0.1) is 0 Å². The molecule has 1 nitrogen and oxygen atoms in total. The molecule has 0 aromatic heterocycles. The van der Waals surface area contributed by atoms with Crippen LogP contribution in [0.1, 0.15) is 79.1 Å². The van der Waals surface area contributed by atoms with E-state index in [0.29, 0.717) is 0 Å². The lowest BCUT2D eigenvalue weighted by Gasteiger charge is -2.27. The third-order valence-corrected chi connectivity index (χ3v) is 3.51. The van der Waals surface area contributed by atoms with Crippen LogP contribution in [0, 0.1) is 5.92 Å². The minimum atomic E-state index is 0.949. The van der Waals surface area contributed by atoms with Crippen LogP contribution in [0.4, 0.5) is 0 Å². The van der Waals surface area contributed by atoms with Gasteiger partial charge in [0.2, 0.25) is 0 Å². The van der Waals surface area contributed by atoms with Crippen molar-refractivity contribution in [2.24, 2.45) is 5.92 Å². The Kier molecular flexibility index (Phi) is 12.4. The summed E-state index contributed by atoms with van der Waals surface area (Å²) in [6.45, 7) is 13.2. The molecule has 0 spiro atoms. The monoisotopic (exact) mass is 241 g/mol. The van der Waals surface area contributed by atoms with Crippen molar-refractivity contribution in [3.63, 3.8) is 0 Å². The van der Waals surface area contributed by atoms with E-state index in [1.165, 1.54) is 71.0 Å². The molecule has 0 amide bonds. The fraction of sp³-hybridized carbons (Fsp3) is 1.00. The number of rotatable bonds is 12. The van der Waals surface area contributed by atoms with E-state index in [4.69, 9.17) is 0 Å². The van der Waals surface area contributed by atoms with Gasteiger partial charge >= 0.3 is 0 Å². The minimum Gasteiger partial charge on any atom is -0.303 e. The van der Waals surface area contributed by atoms with E-state index in [9.17, 15) is 0 Å². The SMILES string of the molecule is CCCCCC(CCC)CN(CCC)CCC. The van der Waals surface area contributed by atoms with Gasteiger partial charge in [-0.25, -0.2) is 0 Å². The van der Waals surface area contributed by atoms with Crippen molar-refractivity contribution in [2.75, 3.05) is 19.6 Å². The molecule has 0 radical (unpaired) electrons. The molecule has 1 unspecified atom stereocenters. The second kappa shape index (κ2) is 12.4. The van der Waals surface area contributed by atoms with E-state index in [1.54, 1.807) is 0 Å². The molecule has 17 heavy (non-hydrogen) atoms. The summed E-state index contributed by atoms with van der Waals surface area (Å²) in [6.07, 6.45) is 11.0. The molecule has 0 rings (SSSR count). The van der Waals surface area contributed by atoms with Crippen LogP contribution in [-0.2, 0) is 0 Å². The zero-order valence-electron chi connectivity index (χ0n) is 12.8. The van der Waals surface area contributed by atoms with Gasteiger partial charge in [-0.15, -0.1) is 0 Å². The van der Waals surface area contributed by atoms with E-state index >= 15 is 0 Å². The predicted molar refractivity (Wildman–Crippen MR) is 79.6 cm³/mol. The third kappa shape index (κ3) is 9.64. The molecular weight excluding hydrogens is 206 g/mol. The van der Waals surface area contributed by atoms with Gasteiger partial charge in [-0.2, -0.15) is 0 Å². The summed E-state index contributed by atoms with van der Waals surface area (Å²) < 4.78 is 0. The maximum Gasteiger partial charge on any atom is 0.000965 e. The lowest BCUT2D eigenvalue weighted by Crippen LogP contribution is -2.31. The lowest BCUT2D eigenvalue weighted by molar-refractivity contribution is 0.215. The highest BCUT2D eigenvalue weighted by molar-refractivity contribution is 4.66. The number of unbranched alkanes of at least 4 members (excludes halogenated alkanes) is 2. The smallest absolute Gasteiger partial charge is 0.000965 e. The molecule has 0 aliphatic rings. The summed E-state index contributed by atoms with van der Waals surface area (Å²) in [5.41, 5.74) is 0. The van der Waals surface area contributed by atoms with Crippen molar-refractivity contribution in [2.45, 2.75) is 79.1 Å². The van der Waals surface area contributed by atoms with Crippen molar-refractivity contribution >= 4 is 0 Å². The second-order valence-corrected chi connectivity index (χ2v) is 5.45. The Morgan fingerprint density at radius 2 is 1.35 bits per heavy atom. The molecule has 0 aliphatic carbocycles. The van der Waals surface area contributed by atoms with Gasteiger partial charge in [0.15, 0.2) is 0 Å². The highest BCUT2D eigenvalue weighted by Gasteiger charge is 2.12. The Labute approximate surface area is 110 Å². The first kappa shape index (κ1) is 17.0. The van der Waals surface area contributed by atoms with Crippen LogP contribution in [-0.4, -0.2) is 24.5 Å². The van der Waals surface area contributed by atoms with Crippen molar-refractivity contribution < 1.29 is 0 Å². The summed E-state index contributed by atoms with van der Waals surface area (Å²) in [5, 5.41) is 0. The minimum absolute atomic E-state index is 0.949. The molecule has 0 N–H and O–H groups in total. The molecule has 0 bridgehead atoms. The fourth-order valence-corrected chi connectivity index (χ4v) is 2.71. The third-order valence-electron chi connectivity index (χ3n) is 3.51. The van der Waals surface area contributed by atoms with Crippen molar-refractivity contribution in [3.8, 4) is 0 Å². The van der Waals surface area contributed by atoms with Gasteiger partial charge in [-0.1, -0.05) is 53.4 Å². The number of hydrogen-bond donors (Lipinski definition) is 0. The molecule has 0 aliphatic heterocycles. The molecule has 0 aromatic rings. The van der Waals surface area contributed by atoms with Gasteiger partial charge in [-0.05, 0) is 44.7 Å². The summed E-state index contributed by atoms with van der Waals surface area (Å²) in [7, 11) is 0. The first-order valence-electron chi connectivity index (χ1n) is 8.00. The van der Waals surface area contributed by atoms with Crippen LogP contribution in [0.2, 0.25) is 0 Å². The Bertz CT molecular complexity index is 138. The van der Waals surface area contributed by atoms with Gasteiger partial charge in [0.1, 0.15) is 0 Å². The van der Waals surface area contributed by atoms with Crippen LogP contribution in [0.3, 0.4) is 0 Å². The fourth-order valence-electron chi connectivity index (χ4n) is 2.71. The van der Waals surface area contributed by atoms with Crippen LogP contribution >= 0.6 is 0 Å². The quantitative estimate of drug-likeness (QED) is 0.429. The van der Waals surface area contributed by atoms with E-state index in [0.717, 1.165) is 5.92 Å². The normalized spacial score (nSPS) is 13.2. The van der Waals surface area contributed by atoms with Crippen molar-refractivity contribution in [1.82, 2.24) is 4.90 Å². The van der Waals surface area contributed by atoms with Gasteiger partial charge in [-0.3, -0.25) is 0 Å². The van der Waals surface area contributed by atoms with E-state index in [2.05, 4.69) is 32.6 Å². The Morgan fingerprint density at radius 1 is 0.706 bits per heavy atom. The average molecular weight is 241 g/mol. The first-order valence-corrected chi connectivity index (χ1v) is 8.00. The Balaban J connectivity index is 3.98. The summed E-state index contributed by atoms with van der Waals surface area (Å²) in [5.74, 6) is 0.949. The second-order valence-electron chi connectivity index (χ2n) is 5.45. The van der Waals surface area contributed by atoms with E-state index < -0.39 is 0 Å². The molecule has 0 aromatic carbocycles. The Morgan fingerprint density at radius 3 is 1.82 bits per heavy atom. The molecular formula is C16H35N. The van der Waals surface area contributed by atoms with Crippen LogP contribution in [0.25, 0.3) is 0 Å². The summed E-state index contributed by atoms with van der Waals surface area (Å²) in [4.78, 5) is 2.69. The molecule has 0 fully saturated rings. The van der Waals surface area contributed by atoms with E-state index in [-0.39, 0.29) is 0 Å². The highest BCUT2D eigenvalue weighted by atomic mass is 15.1. The largest absolute Gasteiger partial charge is 0.303 e. The van der Waals surface area contributed by atoms with Gasteiger partial charge in [0, 0.05) is 6.54 Å². The maximum atomic E-state index is 2.69. The van der Waals surface area contributed by atoms with Gasteiger partial charge < -0.3 is 4.90 Å². The topological polar surface area (TPSA) is 3.24 Å². The molecule has 0 saturated heterocycles. The Hall–Kier alpha value is -0.0400. The molecule has 0 heterocycles. The average Bonchev–Trinajstić information content (AvgIpc) is 2.30. The lowest BCUT2D eigenvalue weighted by atomic mass is 9.95. The first-order chi connectivity index (χ1) is 8.28. The van der Waals surface area contributed by atoms with Gasteiger partial charge in [0.25, 0.3) is 0 Å². The zero-order chi connectivity index (χ0) is 12.9. The van der Waals surface area contributed by atoms with Crippen LogP contribution in [0.5, 0.6) is 0 Å². The highest BCUT2D eigenvalue weighted by Crippen LogP contribution is 2.17. The zero-order valence-corrected chi connectivity index (χ0v) is 12.8. The molecule has 1 atom stereocenters. The van der Waals surface area contributed by atoms with Crippen molar-refractivity contribution in [3.05, 3.63) is 0 Å². The van der Waals surface area contributed by atoms with E-state index in [1.807, 2.05) is 0 Å². The van der Waals surface area contributed by atoms with Crippen LogP contribution in [0.15, 0.2) is 0 Å². The number of hydrogen-bond acceptors (Lipinski definition) is 1. The van der Waals surface area contributed by atoms with Crippen LogP contribution < -0.4 is 0 Å². The maximum absolute atomic E-state index is 2.69. The molecule has 1 heteroatoms. The number of nitrogens with zero attached hydrogens (tertiary/aromatic N) is 1. The summed E-state index contributed by atoms with van der Waals surface area (Å²) >= 11 is 0. The summed E-state index contributed by atoms with van der Waals surface area (Å²) in [6, 6.07) is 0. The molecule has 104 valence electrons.